The smallest absolute Gasteiger partial charge is 0.0781 e. The van der Waals surface area contributed by atoms with E-state index in [4.69, 9.17) is 0 Å². The van der Waals surface area contributed by atoms with Gasteiger partial charge < -0.3 is 9.80 Å². The highest BCUT2D eigenvalue weighted by molar-refractivity contribution is 6.20. The summed E-state index contributed by atoms with van der Waals surface area (Å²) in [5.74, 6) is 0. The maximum Gasteiger partial charge on any atom is 0.0781 e. The highest BCUT2D eigenvalue weighted by Crippen LogP contribution is 2.65. The Labute approximate surface area is 413 Å². The van der Waals surface area contributed by atoms with E-state index in [1.54, 1.807) is 0 Å². The molecule has 2 nitrogen and oxygen atoms in total. The number of nitrogens with zero attached hydrogens (tertiary/aromatic N) is 2. The Balaban J connectivity index is 1.10. The van der Waals surface area contributed by atoms with Gasteiger partial charge in [0, 0.05) is 28.2 Å². The third-order valence-corrected chi connectivity index (χ3v) is 15.6. The molecule has 12 aromatic rings. The van der Waals surface area contributed by atoms with Crippen LogP contribution < -0.4 is 9.80 Å². The molecular formula is C69H44N2. The van der Waals surface area contributed by atoms with Gasteiger partial charge in [0.2, 0.25) is 0 Å². The summed E-state index contributed by atoms with van der Waals surface area (Å²) in [5, 5.41) is 5.10. The summed E-state index contributed by atoms with van der Waals surface area (Å²) in [6, 6.07) is 99.7. The lowest BCUT2D eigenvalue weighted by atomic mass is 9.64. The zero-order chi connectivity index (χ0) is 46.6. The van der Waals surface area contributed by atoms with Crippen LogP contribution in [0.1, 0.15) is 22.3 Å². The molecule has 2 heteroatoms. The van der Waals surface area contributed by atoms with Crippen LogP contribution >= 0.6 is 0 Å². The predicted octanol–water partition coefficient (Wildman–Crippen LogP) is 18.6. The molecule has 0 saturated heterocycles. The second-order valence-corrected chi connectivity index (χ2v) is 19.0. The second-order valence-electron chi connectivity index (χ2n) is 19.0. The number of fused-ring (bicyclic) bond motifs is 22. The number of benzene rings is 12. The van der Waals surface area contributed by atoms with Crippen LogP contribution in [0, 0.1) is 0 Å². The van der Waals surface area contributed by atoms with E-state index in [9.17, 15) is 0 Å². The first-order chi connectivity index (χ1) is 35.3. The molecule has 330 valence electrons. The van der Waals surface area contributed by atoms with Gasteiger partial charge in [-0.15, -0.1) is 0 Å². The third-order valence-electron chi connectivity index (χ3n) is 15.6. The Morgan fingerprint density at radius 2 is 0.775 bits per heavy atom. The van der Waals surface area contributed by atoms with E-state index in [-0.39, 0.29) is 0 Å². The van der Waals surface area contributed by atoms with Crippen LogP contribution in [0.15, 0.2) is 267 Å². The molecule has 0 aromatic heterocycles. The van der Waals surface area contributed by atoms with Crippen LogP contribution in [0.25, 0.3) is 77.2 Å². The van der Waals surface area contributed by atoms with E-state index in [1.165, 1.54) is 99.4 Å². The molecule has 71 heavy (non-hydrogen) atoms. The van der Waals surface area contributed by atoms with Crippen molar-refractivity contribution >= 4 is 55.7 Å². The van der Waals surface area contributed by atoms with Crippen molar-refractivity contribution in [2.45, 2.75) is 5.41 Å². The highest BCUT2D eigenvalue weighted by atomic mass is 15.2. The number of para-hydroxylation sites is 4. The second kappa shape index (κ2) is 15.4. The van der Waals surface area contributed by atoms with E-state index in [0.717, 1.165) is 34.1 Å². The maximum atomic E-state index is 2.56. The summed E-state index contributed by atoms with van der Waals surface area (Å²) in [6.45, 7) is 0. The molecule has 0 saturated carbocycles. The minimum Gasteiger partial charge on any atom is -0.308 e. The standard InChI is InChI=1S/C69H44N2/c1-3-22-45(23-4-1)70(65-41-21-37-59-53-31-10-9-28-50(53)56-33-17-20-40-64(56)71(68(59)65)46-24-5-2-6-25-46)47-42-43-55-49-27-8-7-26-48(49)54-32-15-18-38-61(54)69(63(55)44-47)62-39-19-16-36-60(62)66-57-34-13-11-29-51(57)52-30-12-14-35-58(52)67(66)69/h1-44H. The Bertz CT molecular complexity index is 4130. The topological polar surface area (TPSA) is 6.48 Å². The Morgan fingerprint density at radius 1 is 0.296 bits per heavy atom. The van der Waals surface area contributed by atoms with E-state index < -0.39 is 5.41 Å². The molecule has 0 amide bonds. The molecule has 0 fully saturated rings. The van der Waals surface area contributed by atoms with Gasteiger partial charge in [-0.3, -0.25) is 0 Å². The molecule has 0 radical (unpaired) electrons. The summed E-state index contributed by atoms with van der Waals surface area (Å²) in [4.78, 5) is 5.01. The lowest BCUT2D eigenvalue weighted by Crippen LogP contribution is -2.30. The monoisotopic (exact) mass is 900 g/mol. The number of hydrogen-bond donors (Lipinski definition) is 0. The van der Waals surface area contributed by atoms with E-state index in [0.29, 0.717) is 0 Å². The lowest BCUT2D eigenvalue weighted by molar-refractivity contribution is 0.783. The molecule has 1 atom stereocenters. The molecular weight excluding hydrogens is 857 g/mol. The highest BCUT2D eigenvalue weighted by Gasteiger charge is 2.51. The lowest BCUT2D eigenvalue weighted by Gasteiger charge is -2.38. The third kappa shape index (κ3) is 5.53. The van der Waals surface area contributed by atoms with Crippen LogP contribution in [-0.4, -0.2) is 0 Å². The van der Waals surface area contributed by atoms with Gasteiger partial charge in [0.15, 0.2) is 0 Å². The van der Waals surface area contributed by atoms with Crippen molar-refractivity contribution in [3.63, 3.8) is 0 Å². The first kappa shape index (κ1) is 39.7. The van der Waals surface area contributed by atoms with Gasteiger partial charge in [0.05, 0.1) is 22.5 Å². The molecule has 15 rings (SSSR count). The molecule has 1 spiro atoms. The normalized spacial score (nSPS) is 14.5. The van der Waals surface area contributed by atoms with E-state index >= 15 is 0 Å². The molecule has 1 aliphatic heterocycles. The van der Waals surface area contributed by atoms with E-state index in [1.807, 2.05) is 0 Å². The molecule has 3 aliphatic rings. The summed E-state index contributed by atoms with van der Waals surface area (Å²) in [5.41, 5.74) is 23.4. The van der Waals surface area contributed by atoms with Crippen molar-refractivity contribution in [3.05, 3.63) is 289 Å². The summed E-state index contributed by atoms with van der Waals surface area (Å²) in [7, 11) is 0. The van der Waals surface area contributed by atoms with Crippen molar-refractivity contribution in [2.75, 3.05) is 9.80 Å². The Kier molecular flexibility index (Phi) is 8.61. The van der Waals surface area contributed by atoms with Crippen molar-refractivity contribution in [2.24, 2.45) is 0 Å². The minimum absolute atomic E-state index is 0.722. The van der Waals surface area contributed by atoms with Gasteiger partial charge in [-0.05, 0) is 137 Å². The number of anilines is 6. The van der Waals surface area contributed by atoms with Gasteiger partial charge in [0.1, 0.15) is 0 Å². The molecule has 12 aromatic carbocycles. The van der Waals surface area contributed by atoms with Crippen molar-refractivity contribution in [1.82, 2.24) is 0 Å². The van der Waals surface area contributed by atoms with Crippen molar-refractivity contribution in [1.29, 1.82) is 0 Å². The fourth-order valence-electron chi connectivity index (χ4n) is 12.9. The van der Waals surface area contributed by atoms with Gasteiger partial charge in [-0.25, -0.2) is 0 Å². The fourth-order valence-corrected chi connectivity index (χ4v) is 12.9. The fraction of sp³-hybridized carbons (Fsp3) is 0.0145. The Hall–Kier alpha value is -9.24. The molecule has 0 bridgehead atoms. The Morgan fingerprint density at radius 3 is 1.48 bits per heavy atom. The van der Waals surface area contributed by atoms with Gasteiger partial charge in [-0.1, -0.05) is 218 Å². The zero-order valence-corrected chi connectivity index (χ0v) is 38.8. The van der Waals surface area contributed by atoms with Gasteiger partial charge in [0.25, 0.3) is 0 Å². The first-order valence-electron chi connectivity index (χ1n) is 24.7. The first-order valence-corrected chi connectivity index (χ1v) is 24.7. The molecule has 1 heterocycles. The number of hydrogen-bond acceptors (Lipinski definition) is 2. The minimum atomic E-state index is -0.722. The molecule has 2 aliphatic carbocycles. The average Bonchev–Trinajstić information content (AvgIpc) is 3.64. The SMILES string of the molecule is c1ccc(N(c2ccc3c(c2)C2(c4ccccc4-c4ccccc4-3)c3ccccc3-c3c2c2ccccc2c2ccccc32)c2cccc3c2N(c2ccccc2)c2ccccc2-c2ccccc2-3)cc1. The van der Waals surface area contributed by atoms with Gasteiger partial charge >= 0.3 is 0 Å². The quantitative estimate of drug-likeness (QED) is 0.162. The van der Waals surface area contributed by atoms with Crippen LogP contribution in [0.5, 0.6) is 0 Å². The van der Waals surface area contributed by atoms with Crippen LogP contribution in [0.3, 0.4) is 0 Å². The predicted molar refractivity (Wildman–Crippen MR) is 297 cm³/mol. The largest absolute Gasteiger partial charge is 0.308 e. The molecule has 0 N–H and O–H groups in total. The average molecular weight is 901 g/mol. The van der Waals surface area contributed by atoms with Crippen molar-refractivity contribution in [3.8, 4) is 55.6 Å². The van der Waals surface area contributed by atoms with Crippen LogP contribution in [-0.2, 0) is 5.41 Å². The van der Waals surface area contributed by atoms with E-state index in [2.05, 4.69) is 277 Å². The molecule has 1 unspecified atom stereocenters. The number of rotatable bonds is 4. The summed E-state index contributed by atoms with van der Waals surface area (Å²) < 4.78 is 0. The zero-order valence-electron chi connectivity index (χ0n) is 38.8. The van der Waals surface area contributed by atoms with Crippen LogP contribution in [0.2, 0.25) is 0 Å². The van der Waals surface area contributed by atoms with Gasteiger partial charge in [-0.2, -0.15) is 0 Å². The van der Waals surface area contributed by atoms with Crippen LogP contribution in [0.4, 0.5) is 34.1 Å². The summed E-state index contributed by atoms with van der Waals surface area (Å²) in [6.07, 6.45) is 0. The van der Waals surface area contributed by atoms with Crippen molar-refractivity contribution < 1.29 is 0 Å². The maximum absolute atomic E-state index is 2.56. The summed E-state index contributed by atoms with van der Waals surface area (Å²) >= 11 is 0.